The largest absolute Gasteiger partial charge is 0.456 e. The molecule has 0 bridgehead atoms. The van der Waals surface area contributed by atoms with Gasteiger partial charge < -0.3 is 8.98 Å². The normalized spacial score (nSPS) is 14.1. The van der Waals surface area contributed by atoms with Gasteiger partial charge in [0.2, 0.25) is 6.71 Å². The van der Waals surface area contributed by atoms with Crippen LogP contribution in [0.4, 0.5) is 0 Å². The maximum Gasteiger partial charge on any atom is 0.244 e. The molecule has 0 radical (unpaired) electrons. The highest BCUT2D eigenvalue weighted by atomic mass is 16.3. The Labute approximate surface area is 358 Å². The van der Waals surface area contributed by atoms with Crippen LogP contribution in [-0.4, -0.2) is 11.3 Å². The van der Waals surface area contributed by atoms with Crippen molar-refractivity contribution in [2.75, 3.05) is 0 Å². The van der Waals surface area contributed by atoms with E-state index in [4.69, 9.17) is 4.42 Å². The summed E-state index contributed by atoms with van der Waals surface area (Å²) in [6.45, 7) is 19.2. The van der Waals surface area contributed by atoms with E-state index in [9.17, 15) is 0 Å². The zero-order chi connectivity index (χ0) is 41.6. The fourth-order valence-electron chi connectivity index (χ4n) is 11.6. The maximum atomic E-state index is 6.58. The molecule has 0 saturated carbocycles. The lowest BCUT2D eigenvalue weighted by atomic mass is 9.36. The van der Waals surface area contributed by atoms with Crippen LogP contribution in [0.15, 0.2) is 144 Å². The predicted molar refractivity (Wildman–Crippen MR) is 262 cm³/mol. The number of benzene rings is 8. The van der Waals surface area contributed by atoms with Crippen LogP contribution in [0.2, 0.25) is 0 Å². The predicted octanol–water partition coefficient (Wildman–Crippen LogP) is 14.0. The van der Waals surface area contributed by atoms with E-state index >= 15 is 0 Å². The van der Waals surface area contributed by atoms with E-state index in [-0.39, 0.29) is 12.1 Å². The Morgan fingerprint density at radius 1 is 0.459 bits per heavy atom. The first kappa shape index (κ1) is 36.5. The monoisotopic (exact) mass is 787 g/mol. The van der Waals surface area contributed by atoms with Gasteiger partial charge in [0.15, 0.2) is 0 Å². The van der Waals surface area contributed by atoms with Crippen molar-refractivity contribution in [1.29, 1.82) is 0 Å². The highest BCUT2D eigenvalue weighted by molar-refractivity contribution is 7.01. The van der Waals surface area contributed by atoms with E-state index in [1.54, 1.807) is 0 Å². The van der Waals surface area contributed by atoms with Crippen LogP contribution in [0, 0.1) is 0 Å². The van der Waals surface area contributed by atoms with Crippen molar-refractivity contribution < 1.29 is 4.42 Å². The van der Waals surface area contributed by atoms with E-state index in [2.05, 4.69) is 199 Å². The highest BCUT2D eigenvalue weighted by Gasteiger charge is 2.43. The molecule has 10 aromatic rings. The molecule has 2 nitrogen and oxygen atoms in total. The Hall–Kier alpha value is -6.32. The molecule has 0 amide bonds. The average molecular weight is 788 g/mol. The zero-order valence-electron chi connectivity index (χ0n) is 36.4. The molecule has 61 heavy (non-hydrogen) atoms. The summed E-state index contributed by atoms with van der Waals surface area (Å²) < 4.78 is 9.10. The summed E-state index contributed by atoms with van der Waals surface area (Å²) >= 11 is 0. The van der Waals surface area contributed by atoms with Crippen molar-refractivity contribution in [3.63, 3.8) is 0 Å². The molecule has 12 rings (SSSR count). The summed E-state index contributed by atoms with van der Waals surface area (Å²) in [6.07, 6.45) is 0. The molecule has 0 saturated heterocycles. The molecular formula is C58H50BNO. The van der Waals surface area contributed by atoms with Crippen LogP contribution in [0.3, 0.4) is 0 Å². The number of hydrogen-bond donors (Lipinski definition) is 0. The fraction of sp³-hybridized carbons (Fsp3) is 0.207. The van der Waals surface area contributed by atoms with E-state index in [0.717, 1.165) is 27.5 Å². The Morgan fingerprint density at radius 2 is 1.11 bits per heavy atom. The molecule has 3 heterocycles. The minimum atomic E-state index is -0.109. The van der Waals surface area contributed by atoms with E-state index < -0.39 is 0 Å². The summed E-state index contributed by atoms with van der Waals surface area (Å²) in [5.74, 6) is 1.18. The number of furan rings is 1. The van der Waals surface area contributed by atoms with Gasteiger partial charge in [-0.2, -0.15) is 0 Å². The number of rotatable bonds is 5. The second-order valence-electron chi connectivity index (χ2n) is 19.4. The highest BCUT2D eigenvalue weighted by Crippen LogP contribution is 2.50. The first-order valence-corrected chi connectivity index (χ1v) is 22.4. The van der Waals surface area contributed by atoms with E-state index in [1.807, 2.05) is 0 Å². The van der Waals surface area contributed by atoms with Gasteiger partial charge in [-0.05, 0) is 104 Å². The molecule has 2 aromatic heterocycles. The number of fused-ring (bicyclic) bond motifs is 14. The molecule has 0 unspecified atom stereocenters. The standard InChI is InChI=1S/C58H50BNO/c1-32(2)35-25-41(33(3)4)57(42(26-35)34(5)6)59-50-30-49-43(36-17-11-14-22-48(36)58(49,7)8)27-44(50)47-29-52(37-18-9-10-21-40(37)56(47)59)60-51-23-15-12-19-38(51)45-28-46-39-20-13-16-24-54(39)61-55(46)31-53(45)60/h9-34H,1-8H3. The van der Waals surface area contributed by atoms with Crippen LogP contribution < -0.4 is 16.4 Å². The molecule has 3 heteroatoms. The van der Waals surface area contributed by atoms with Crippen LogP contribution in [0.5, 0.6) is 0 Å². The molecule has 0 atom stereocenters. The van der Waals surface area contributed by atoms with Gasteiger partial charge in [0.1, 0.15) is 11.2 Å². The third-order valence-corrected chi connectivity index (χ3v) is 14.6. The smallest absolute Gasteiger partial charge is 0.244 e. The van der Waals surface area contributed by atoms with Crippen LogP contribution in [0.25, 0.3) is 82.5 Å². The molecular weight excluding hydrogens is 737 g/mol. The van der Waals surface area contributed by atoms with Crippen molar-refractivity contribution in [1.82, 2.24) is 4.57 Å². The number of aromatic nitrogens is 1. The summed E-state index contributed by atoms with van der Waals surface area (Å²) in [7, 11) is 0. The van der Waals surface area contributed by atoms with Crippen molar-refractivity contribution in [2.45, 2.75) is 78.6 Å². The third kappa shape index (κ3) is 4.98. The summed E-state index contributed by atoms with van der Waals surface area (Å²) in [6, 6.07) is 53.2. The first-order chi connectivity index (χ1) is 29.5. The molecule has 2 aliphatic rings. The van der Waals surface area contributed by atoms with Gasteiger partial charge in [0.05, 0.1) is 16.7 Å². The number of nitrogens with zero attached hydrogens (tertiary/aromatic N) is 1. The Morgan fingerprint density at radius 3 is 1.85 bits per heavy atom. The quantitative estimate of drug-likeness (QED) is 0.159. The molecule has 296 valence electrons. The zero-order valence-corrected chi connectivity index (χ0v) is 36.4. The number of hydrogen-bond acceptors (Lipinski definition) is 1. The van der Waals surface area contributed by atoms with Gasteiger partial charge >= 0.3 is 0 Å². The minimum Gasteiger partial charge on any atom is -0.456 e. The van der Waals surface area contributed by atoms with Gasteiger partial charge in [0, 0.05) is 38.4 Å². The molecule has 8 aromatic carbocycles. The molecule has 1 aliphatic heterocycles. The lowest BCUT2D eigenvalue weighted by Crippen LogP contribution is -2.52. The second kappa shape index (κ2) is 12.9. The Bertz CT molecular complexity index is 3470. The van der Waals surface area contributed by atoms with Crippen LogP contribution in [0.1, 0.15) is 101 Å². The van der Waals surface area contributed by atoms with E-state index in [0.29, 0.717) is 17.8 Å². The number of para-hydroxylation sites is 2. The molecule has 0 N–H and O–H groups in total. The first-order valence-electron chi connectivity index (χ1n) is 22.4. The fourth-order valence-corrected chi connectivity index (χ4v) is 11.6. The SMILES string of the molecule is CC(C)c1cc(C(C)C)c(B2c3cc4c(cc3-c3cc(-n5c6ccccc6c6cc7c(cc65)oc5ccccc57)c5ccccc5c32)-c2ccccc2C4(C)C)c(C(C)C)c1. The Balaban J connectivity index is 1.23. The third-order valence-electron chi connectivity index (χ3n) is 14.6. The molecule has 0 spiro atoms. The van der Waals surface area contributed by atoms with Crippen molar-refractivity contribution in [2.24, 2.45) is 0 Å². The van der Waals surface area contributed by atoms with E-state index in [1.165, 1.54) is 99.2 Å². The lowest BCUT2D eigenvalue weighted by Gasteiger charge is -2.28. The van der Waals surface area contributed by atoms with Gasteiger partial charge in [-0.15, -0.1) is 0 Å². The summed E-state index contributed by atoms with van der Waals surface area (Å²) in [5, 5.41) is 7.39. The molecule has 0 fully saturated rings. The maximum absolute atomic E-state index is 6.58. The van der Waals surface area contributed by atoms with Crippen molar-refractivity contribution in [3.05, 3.63) is 167 Å². The van der Waals surface area contributed by atoms with Crippen molar-refractivity contribution >= 4 is 77.6 Å². The molecule has 1 aliphatic carbocycles. The average Bonchev–Trinajstić information content (AvgIpc) is 3.96. The summed E-state index contributed by atoms with van der Waals surface area (Å²) in [4.78, 5) is 0. The van der Waals surface area contributed by atoms with Crippen LogP contribution >= 0.6 is 0 Å². The summed E-state index contributed by atoms with van der Waals surface area (Å²) in [5.41, 5.74) is 22.3. The minimum absolute atomic E-state index is 0.0816. The van der Waals surface area contributed by atoms with Crippen molar-refractivity contribution in [3.8, 4) is 27.9 Å². The Kier molecular flexibility index (Phi) is 7.70. The van der Waals surface area contributed by atoms with Gasteiger partial charge in [0.25, 0.3) is 0 Å². The lowest BCUT2D eigenvalue weighted by molar-refractivity contribution is 0.661. The van der Waals surface area contributed by atoms with Gasteiger partial charge in [-0.3, -0.25) is 0 Å². The van der Waals surface area contributed by atoms with Gasteiger partial charge in [-0.1, -0.05) is 175 Å². The van der Waals surface area contributed by atoms with Crippen LogP contribution in [-0.2, 0) is 5.41 Å². The second-order valence-corrected chi connectivity index (χ2v) is 19.4. The van der Waals surface area contributed by atoms with Gasteiger partial charge in [-0.25, -0.2) is 0 Å². The topological polar surface area (TPSA) is 18.1 Å².